The third-order valence-electron chi connectivity index (χ3n) is 15.9. The van der Waals surface area contributed by atoms with E-state index in [9.17, 15) is 39.6 Å². The van der Waals surface area contributed by atoms with Crippen LogP contribution in [0.25, 0.3) is 10.4 Å². The highest BCUT2D eigenvalue weighted by molar-refractivity contribution is 7.99. The van der Waals surface area contributed by atoms with E-state index in [2.05, 4.69) is 62.6 Å². The van der Waals surface area contributed by atoms with E-state index in [1.807, 2.05) is 65.7 Å². The SMILES string of the molecule is C=C(CCC)C1=C(CN2CCN(c3ccc(C(=O)NS(=O)(=O)c4ccc(N[C@H](CCN5CCN(CCCCOc6cc(-c7scnc7C)ccc6CNC=O)CC5)CSc5ccccc5)c(S(=O)(=O)C(F)(F)F)c4)cc3)CC2)CCC(C)(C)C1. The number of halogens is 3. The molecule has 1 aromatic heterocycles. The van der Waals surface area contributed by atoms with Crippen LogP contribution >= 0.6 is 23.1 Å². The van der Waals surface area contributed by atoms with Crippen molar-refractivity contribution in [3.05, 3.63) is 137 Å². The molecular weight excluding hydrogens is 1150 g/mol. The number of anilines is 2. The number of benzene rings is 4. The minimum Gasteiger partial charge on any atom is -0.493 e. The van der Waals surface area contributed by atoms with Crippen LogP contribution in [0.4, 0.5) is 24.5 Å². The van der Waals surface area contributed by atoms with Crippen molar-refractivity contribution in [2.75, 3.05) is 94.6 Å². The molecule has 3 aliphatic rings. The summed E-state index contributed by atoms with van der Waals surface area (Å²) in [5, 5.41) is 5.79. The van der Waals surface area contributed by atoms with Gasteiger partial charge in [-0.2, -0.15) is 13.2 Å². The monoisotopic (exact) mass is 1230 g/mol. The number of hydrogen-bond acceptors (Lipinski definition) is 15. The smallest absolute Gasteiger partial charge is 0.493 e. The van der Waals surface area contributed by atoms with Crippen LogP contribution in [0.2, 0.25) is 0 Å². The number of carbonyl (C=O) groups is 2. The second kappa shape index (κ2) is 29.1. The van der Waals surface area contributed by atoms with Gasteiger partial charge in [-0.1, -0.05) is 75.2 Å². The van der Waals surface area contributed by atoms with Crippen molar-refractivity contribution < 1.29 is 44.3 Å². The summed E-state index contributed by atoms with van der Waals surface area (Å²) in [6.45, 7) is 22.7. The highest BCUT2D eigenvalue weighted by Gasteiger charge is 2.48. The first-order valence-electron chi connectivity index (χ1n) is 28.8. The van der Waals surface area contributed by atoms with Gasteiger partial charge in [0.1, 0.15) is 10.6 Å². The Bertz CT molecular complexity index is 3310. The van der Waals surface area contributed by atoms with Crippen molar-refractivity contribution in [3.63, 3.8) is 0 Å². The van der Waals surface area contributed by atoms with Gasteiger partial charge in [0.15, 0.2) is 0 Å². The zero-order chi connectivity index (χ0) is 60.1. The zero-order valence-electron chi connectivity index (χ0n) is 48.5. The van der Waals surface area contributed by atoms with E-state index in [0.717, 1.165) is 161 Å². The molecule has 1 aliphatic carbocycles. The Morgan fingerprint density at radius 3 is 2.26 bits per heavy atom. The predicted molar refractivity (Wildman–Crippen MR) is 330 cm³/mol. The molecule has 84 heavy (non-hydrogen) atoms. The molecule has 1 atom stereocenters. The van der Waals surface area contributed by atoms with Crippen molar-refractivity contribution in [2.45, 2.75) is 112 Å². The Hall–Kier alpha value is -5.75. The number of sulfonamides is 1. The first-order valence-corrected chi connectivity index (χ1v) is 33.7. The standard InChI is InChI=1S/C62H79F3N8O7S4/c1-6-12-45(2)55-39-61(4,5)25-23-50(55)41-72-32-34-73(35-33-72)52-19-17-47(18-20-52)60(75)69-84(78,79)54-21-22-56(58(38-54)83(76,77)62(63,64)65)68-51(42-81-53-13-8-7-9-14-53)24-27-71-30-28-70(29-31-71)26-10-11-36-80-57-37-48(59-46(3)67-44-82-59)15-16-49(57)40-66-43-74/h7-9,13-22,37-38,43-44,51,68H,2,6,10-12,23-36,39-42H2,1,3-5H3,(H,66,74)(H,69,75)/t51-/m1/s1. The first kappa shape index (κ1) is 64.3. The fraction of sp³-hybridized carbons (Fsp3) is 0.468. The zero-order valence-corrected chi connectivity index (χ0v) is 51.8. The van der Waals surface area contributed by atoms with E-state index < -0.39 is 52.8 Å². The number of unbranched alkanes of at least 4 members (excludes halogenated alkanes) is 1. The van der Waals surface area contributed by atoms with E-state index in [0.29, 0.717) is 44.3 Å². The number of piperazine rings is 2. The van der Waals surface area contributed by atoms with Gasteiger partial charge in [0.2, 0.25) is 6.41 Å². The normalized spacial score (nSPS) is 17.0. The van der Waals surface area contributed by atoms with Gasteiger partial charge in [-0.15, -0.1) is 23.1 Å². The summed E-state index contributed by atoms with van der Waals surface area (Å²) in [6.07, 6.45) is 8.13. The lowest BCUT2D eigenvalue weighted by atomic mass is 9.72. The van der Waals surface area contributed by atoms with Gasteiger partial charge < -0.3 is 30.1 Å². The molecule has 22 heteroatoms. The van der Waals surface area contributed by atoms with Crippen molar-refractivity contribution in [1.29, 1.82) is 0 Å². The number of rotatable bonds is 28. The number of nitrogens with zero attached hydrogens (tertiary/aromatic N) is 5. The van der Waals surface area contributed by atoms with Crippen molar-refractivity contribution >= 4 is 66.7 Å². The third kappa shape index (κ3) is 17.2. The van der Waals surface area contributed by atoms with Crippen LogP contribution in [0.1, 0.15) is 93.8 Å². The number of thioether (sulfide) groups is 1. The van der Waals surface area contributed by atoms with Gasteiger partial charge in [0.25, 0.3) is 25.8 Å². The van der Waals surface area contributed by atoms with Gasteiger partial charge in [-0.3, -0.25) is 14.5 Å². The molecule has 5 aromatic rings. The number of aromatic nitrogens is 1. The van der Waals surface area contributed by atoms with Gasteiger partial charge in [-0.25, -0.2) is 26.5 Å². The van der Waals surface area contributed by atoms with Crippen molar-refractivity contribution in [1.82, 2.24) is 29.7 Å². The topological polar surface area (TPSA) is 174 Å². The number of nitrogens with one attached hydrogen (secondary N) is 3. The maximum Gasteiger partial charge on any atom is 0.501 e. The summed E-state index contributed by atoms with van der Waals surface area (Å²) in [5.74, 6) is 0.0414. The van der Waals surface area contributed by atoms with Crippen molar-refractivity contribution in [2.24, 2.45) is 5.41 Å². The first-order chi connectivity index (χ1) is 40.1. The maximum absolute atomic E-state index is 14.5. The lowest BCUT2D eigenvalue weighted by Gasteiger charge is -2.39. The molecule has 454 valence electrons. The van der Waals surface area contributed by atoms with Crippen LogP contribution < -0.4 is 25.0 Å². The van der Waals surface area contributed by atoms with E-state index >= 15 is 0 Å². The van der Waals surface area contributed by atoms with Crippen molar-refractivity contribution in [3.8, 4) is 16.2 Å². The quantitative estimate of drug-likeness (QED) is 0.0245. The molecule has 0 saturated carbocycles. The summed E-state index contributed by atoms with van der Waals surface area (Å²) in [4.78, 5) is 38.2. The number of ether oxygens (including phenoxy) is 1. The molecule has 2 amide bonds. The number of alkyl halides is 3. The second-order valence-corrected chi connectivity index (χ2v) is 28.2. The molecule has 2 fully saturated rings. The Labute approximate surface area is 502 Å². The number of carbonyl (C=O) groups excluding carboxylic acids is 2. The fourth-order valence-corrected chi connectivity index (χ4v) is 14.8. The Kier molecular flexibility index (Phi) is 22.3. The molecule has 0 unspecified atom stereocenters. The van der Waals surface area contributed by atoms with Gasteiger partial charge >= 0.3 is 5.51 Å². The van der Waals surface area contributed by atoms with Crippen LogP contribution in [0.3, 0.4) is 0 Å². The Morgan fingerprint density at radius 2 is 1.60 bits per heavy atom. The average molecular weight is 1230 g/mol. The number of amides is 2. The number of hydrogen-bond donors (Lipinski definition) is 3. The number of sulfone groups is 1. The fourth-order valence-electron chi connectivity index (χ4n) is 11.0. The Balaban J connectivity index is 0.863. The molecular formula is C62H79F3N8O7S4. The molecule has 0 bridgehead atoms. The lowest BCUT2D eigenvalue weighted by molar-refractivity contribution is -0.109. The molecule has 15 nitrogen and oxygen atoms in total. The summed E-state index contributed by atoms with van der Waals surface area (Å²) in [5.41, 5.74) is 3.75. The van der Waals surface area contributed by atoms with Gasteiger partial charge in [-0.05, 0) is 136 Å². The highest BCUT2D eigenvalue weighted by atomic mass is 32.2. The van der Waals surface area contributed by atoms with E-state index in [1.54, 1.807) is 23.5 Å². The maximum atomic E-state index is 14.5. The highest BCUT2D eigenvalue weighted by Crippen LogP contribution is 2.43. The minimum atomic E-state index is -6.11. The summed E-state index contributed by atoms with van der Waals surface area (Å²) in [6, 6.07) is 23.8. The van der Waals surface area contributed by atoms with Crippen LogP contribution in [0, 0.1) is 12.3 Å². The summed E-state index contributed by atoms with van der Waals surface area (Å²) < 4.78 is 106. The molecule has 2 saturated heterocycles. The van der Waals surface area contributed by atoms with Gasteiger partial charge in [0, 0.05) is 105 Å². The predicted octanol–water partition coefficient (Wildman–Crippen LogP) is 11.2. The molecule has 2 aliphatic heterocycles. The molecule has 4 aromatic carbocycles. The van der Waals surface area contributed by atoms with Crippen LogP contribution in [-0.2, 0) is 31.2 Å². The van der Waals surface area contributed by atoms with Gasteiger partial charge in [0.05, 0.1) is 33.3 Å². The Morgan fingerprint density at radius 1 is 0.893 bits per heavy atom. The summed E-state index contributed by atoms with van der Waals surface area (Å²) in [7, 11) is -11.0. The third-order valence-corrected chi connectivity index (χ3v) is 20.9. The second-order valence-electron chi connectivity index (χ2n) is 22.7. The van der Waals surface area contributed by atoms with E-state index in [-0.39, 0.29) is 11.0 Å². The number of allylic oxidation sites excluding steroid dienone is 2. The number of aryl methyl sites for hydroxylation is 1. The minimum absolute atomic E-state index is 0.00213. The van der Waals surface area contributed by atoms with Crippen LogP contribution in [-0.4, -0.2) is 145 Å². The molecule has 8 rings (SSSR count). The lowest BCUT2D eigenvalue weighted by Crippen LogP contribution is -2.47. The van der Waals surface area contributed by atoms with Crippen LogP contribution in [0.5, 0.6) is 5.75 Å². The van der Waals surface area contributed by atoms with Crippen LogP contribution in [0.15, 0.2) is 134 Å². The molecule has 0 radical (unpaired) electrons. The molecule has 0 spiro atoms. The number of thiazole rings is 1. The largest absolute Gasteiger partial charge is 0.501 e. The van der Waals surface area contributed by atoms with E-state index in [1.165, 1.54) is 40.6 Å². The average Bonchev–Trinajstić information content (AvgIpc) is 2.81. The molecule has 3 N–H and O–H groups in total. The molecule has 3 heterocycles. The summed E-state index contributed by atoms with van der Waals surface area (Å²) >= 11 is 3.02. The van der Waals surface area contributed by atoms with E-state index in [4.69, 9.17) is 4.74 Å².